The maximum atomic E-state index is 14.5. The fourth-order valence-electron chi connectivity index (χ4n) is 3.51. The van der Waals surface area contributed by atoms with E-state index in [0.717, 1.165) is 18.4 Å². The topological polar surface area (TPSA) is 105 Å². The molecule has 0 spiro atoms. The fraction of sp³-hybridized carbons (Fsp3) is 0.476. The largest absolute Gasteiger partial charge is 0.474 e. The summed E-state index contributed by atoms with van der Waals surface area (Å²) in [5, 5.41) is 19.0. The smallest absolute Gasteiger partial charge is 0.407 e. The monoisotopic (exact) mass is 417 g/mol. The number of carboxylic acid groups (broad SMARTS) is 1. The molecule has 1 aromatic carbocycles. The van der Waals surface area contributed by atoms with Crippen molar-refractivity contribution in [2.75, 3.05) is 13.1 Å². The number of hydrogen-bond acceptors (Lipinski definition) is 6. The van der Waals surface area contributed by atoms with Gasteiger partial charge in [0.1, 0.15) is 12.4 Å². The van der Waals surface area contributed by atoms with Gasteiger partial charge in [0.15, 0.2) is 11.6 Å². The number of nitrogens with zero attached hydrogens (tertiary/aromatic N) is 3. The number of amides is 1. The van der Waals surface area contributed by atoms with E-state index >= 15 is 0 Å². The Bertz CT molecular complexity index is 942. The maximum absolute atomic E-state index is 14.5. The molecule has 9 heteroatoms. The Labute approximate surface area is 173 Å². The average Bonchev–Trinajstić information content (AvgIpc) is 3.44. The lowest BCUT2D eigenvalue weighted by atomic mass is 10.1. The third kappa shape index (κ3) is 4.62. The summed E-state index contributed by atoms with van der Waals surface area (Å²) in [5.74, 6) is 0.0273. The summed E-state index contributed by atoms with van der Waals surface area (Å²) in [6.45, 7) is 2.53. The molecule has 2 aromatic rings. The number of benzene rings is 1. The Hall–Kier alpha value is -2.94. The van der Waals surface area contributed by atoms with Crippen LogP contribution in [0.25, 0.3) is 0 Å². The number of halogens is 1. The number of piperidine rings is 1. The summed E-state index contributed by atoms with van der Waals surface area (Å²) in [4.78, 5) is 20.6. The fourth-order valence-corrected chi connectivity index (χ4v) is 3.51. The van der Waals surface area contributed by atoms with Crippen LogP contribution in [-0.4, -0.2) is 56.0 Å². The van der Waals surface area contributed by atoms with Crippen molar-refractivity contribution in [3.8, 4) is 17.5 Å². The lowest BCUT2D eigenvalue weighted by Gasteiger charge is -2.30. The summed E-state index contributed by atoms with van der Waals surface area (Å²) in [6, 6.07) is 4.63. The molecule has 8 nitrogen and oxygen atoms in total. The van der Waals surface area contributed by atoms with Crippen LogP contribution >= 0.6 is 0 Å². The van der Waals surface area contributed by atoms with Crippen molar-refractivity contribution in [1.29, 1.82) is 0 Å². The van der Waals surface area contributed by atoms with E-state index in [1.54, 1.807) is 13.0 Å². The molecular weight excluding hydrogens is 393 g/mol. The van der Waals surface area contributed by atoms with Crippen molar-refractivity contribution < 1.29 is 28.9 Å². The van der Waals surface area contributed by atoms with E-state index in [2.05, 4.69) is 9.97 Å². The molecule has 0 radical (unpaired) electrons. The lowest BCUT2D eigenvalue weighted by Crippen LogP contribution is -2.41. The number of carbonyl (C=O) groups is 1. The molecule has 0 atom stereocenters. The van der Waals surface area contributed by atoms with Crippen molar-refractivity contribution in [3.05, 3.63) is 41.5 Å². The molecule has 0 unspecified atom stereocenters. The van der Waals surface area contributed by atoms with E-state index in [-0.39, 0.29) is 17.7 Å². The van der Waals surface area contributed by atoms with Gasteiger partial charge >= 0.3 is 6.09 Å². The zero-order chi connectivity index (χ0) is 21.3. The highest BCUT2D eigenvalue weighted by atomic mass is 19.1. The SMILES string of the molecule is Cc1c(Oc2ccc(CC3(O)CC3)cc2F)ncnc1OC1CCN(C(=O)O)CC1. The van der Waals surface area contributed by atoms with Crippen molar-refractivity contribution in [2.24, 2.45) is 0 Å². The summed E-state index contributed by atoms with van der Waals surface area (Å²) < 4.78 is 26.1. The Balaban J connectivity index is 1.42. The second kappa shape index (κ2) is 8.06. The third-order valence-electron chi connectivity index (χ3n) is 5.55. The molecule has 0 bridgehead atoms. The van der Waals surface area contributed by atoms with Crippen LogP contribution in [0.4, 0.5) is 9.18 Å². The van der Waals surface area contributed by atoms with Crippen molar-refractivity contribution in [2.45, 2.75) is 50.7 Å². The third-order valence-corrected chi connectivity index (χ3v) is 5.55. The highest BCUT2D eigenvalue weighted by Crippen LogP contribution is 2.39. The van der Waals surface area contributed by atoms with Gasteiger partial charge in [-0.25, -0.2) is 19.2 Å². The van der Waals surface area contributed by atoms with Crippen LogP contribution < -0.4 is 9.47 Å². The van der Waals surface area contributed by atoms with Crippen molar-refractivity contribution in [3.63, 3.8) is 0 Å². The predicted molar refractivity (Wildman–Crippen MR) is 104 cm³/mol. The normalized spacial score (nSPS) is 18.2. The zero-order valence-electron chi connectivity index (χ0n) is 16.7. The predicted octanol–water partition coefficient (Wildman–Crippen LogP) is 3.31. The standard InChI is InChI=1S/C21H24FN3O5/c1-13-18(29-15-4-8-25(9-5-15)20(26)27)23-12-24-19(13)30-17-3-2-14(10-16(17)22)11-21(28)6-7-21/h2-3,10,12,15,28H,4-9,11H2,1H3,(H,26,27). The number of likely N-dealkylation sites (tertiary alicyclic amines) is 1. The number of rotatable bonds is 6. The molecule has 1 aromatic heterocycles. The molecule has 1 saturated heterocycles. The van der Waals surface area contributed by atoms with Gasteiger partial charge in [0.2, 0.25) is 11.8 Å². The minimum atomic E-state index is -0.929. The van der Waals surface area contributed by atoms with E-state index in [0.29, 0.717) is 43.8 Å². The molecule has 2 heterocycles. The second-order valence-electron chi connectivity index (χ2n) is 7.96. The molecule has 30 heavy (non-hydrogen) atoms. The number of aromatic nitrogens is 2. The maximum Gasteiger partial charge on any atom is 0.407 e. The first kappa shape index (κ1) is 20.3. The Morgan fingerprint density at radius 2 is 1.97 bits per heavy atom. The number of ether oxygens (including phenoxy) is 2. The number of aliphatic hydroxyl groups is 1. The first-order valence-corrected chi connectivity index (χ1v) is 9.98. The van der Waals surface area contributed by atoms with E-state index in [4.69, 9.17) is 14.6 Å². The van der Waals surface area contributed by atoms with E-state index in [1.807, 2.05) is 0 Å². The summed E-state index contributed by atoms with van der Waals surface area (Å²) >= 11 is 0. The first-order valence-electron chi connectivity index (χ1n) is 9.98. The molecule has 2 N–H and O–H groups in total. The van der Waals surface area contributed by atoms with E-state index in [1.165, 1.54) is 23.4 Å². The van der Waals surface area contributed by atoms with Gasteiger partial charge in [-0.05, 0) is 37.5 Å². The molecular formula is C21H24FN3O5. The molecule has 1 aliphatic heterocycles. The summed E-state index contributed by atoms with van der Waals surface area (Å²) in [5.41, 5.74) is 0.565. The second-order valence-corrected chi connectivity index (χ2v) is 7.96. The minimum absolute atomic E-state index is 0.0315. The lowest BCUT2D eigenvalue weighted by molar-refractivity contribution is 0.0864. The van der Waals surface area contributed by atoms with Crippen LogP contribution in [0.1, 0.15) is 36.8 Å². The molecule has 4 rings (SSSR count). The van der Waals surface area contributed by atoms with E-state index in [9.17, 15) is 14.3 Å². The van der Waals surface area contributed by atoms with Gasteiger partial charge in [0.05, 0.1) is 11.2 Å². The molecule has 1 aliphatic carbocycles. The van der Waals surface area contributed by atoms with Gasteiger partial charge in [0.25, 0.3) is 0 Å². The number of hydrogen-bond donors (Lipinski definition) is 2. The zero-order valence-corrected chi connectivity index (χ0v) is 16.7. The molecule has 2 aliphatic rings. The summed E-state index contributed by atoms with van der Waals surface area (Å²) in [7, 11) is 0. The minimum Gasteiger partial charge on any atom is -0.474 e. The van der Waals surface area contributed by atoms with Crippen molar-refractivity contribution >= 4 is 6.09 Å². The quantitative estimate of drug-likeness (QED) is 0.743. The highest BCUT2D eigenvalue weighted by Gasteiger charge is 2.40. The van der Waals surface area contributed by atoms with Gasteiger partial charge in [0, 0.05) is 32.4 Å². The van der Waals surface area contributed by atoms with Crippen LogP contribution in [0, 0.1) is 12.7 Å². The molecule has 1 saturated carbocycles. The van der Waals surface area contributed by atoms with Crippen LogP contribution in [-0.2, 0) is 6.42 Å². The highest BCUT2D eigenvalue weighted by molar-refractivity contribution is 5.65. The van der Waals surface area contributed by atoms with Crippen LogP contribution in [0.3, 0.4) is 0 Å². The average molecular weight is 417 g/mol. The van der Waals surface area contributed by atoms with Gasteiger partial charge in [-0.15, -0.1) is 0 Å². The Morgan fingerprint density at radius 3 is 2.60 bits per heavy atom. The van der Waals surface area contributed by atoms with Gasteiger partial charge < -0.3 is 24.6 Å². The van der Waals surface area contributed by atoms with E-state index < -0.39 is 17.5 Å². The van der Waals surface area contributed by atoms with Crippen LogP contribution in [0.5, 0.6) is 17.5 Å². The van der Waals surface area contributed by atoms with Crippen LogP contribution in [0.2, 0.25) is 0 Å². The van der Waals surface area contributed by atoms with Crippen LogP contribution in [0.15, 0.2) is 24.5 Å². The van der Waals surface area contributed by atoms with Gasteiger partial charge in [-0.2, -0.15) is 0 Å². The molecule has 1 amide bonds. The molecule has 2 fully saturated rings. The van der Waals surface area contributed by atoms with Gasteiger partial charge in [-0.1, -0.05) is 6.07 Å². The van der Waals surface area contributed by atoms with Crippen molar-refractivity contribution in [1.82, 2.24) is 14.9 Å². The molecule has 160 valence electrons. The first-order chi connectivity index (χ1) is 14.3. The Morgan fingerprint density at radius 1 is 1.27 bits per heavy atom. The van der Waals surface area contributed by atoms with Gasteiger partial charge in [-0.3, -0.25) is 0 Å². The summed E-state index contributed by atoms with van der Waals surface area (Å²) in [6.07, 6.45) is 3.24. The Kier molecular flexibility index (Phi) is 5.46.